The number of anilines is 1. The Morgan fingerprint density at radius 1 is 1.45 bits per heavy atom. The van der Waals surface area contributed by atoms with Crippen LogP contribution >= 0.6 is 0 Å². The van der Waals surface area contributed by atoms with Crippen LogP contribution < -0.4 is 11.1 Å². The largest absolute Gasteiger partial charge is 0.321 e. The first-order valence-electron chi connectivity index (χ1n) is 6.20. The molecule has 0 aliphatic rings. The summed E-state index contributed by atoms with van der Waals surface area (Å²) in [6, 6.07) is 7.27. The van der Waals surface area contributed by atoms with E-state index in [9.17, 15) is 4.79 Å². The Labute approximate surface area is 117 Å². The van der Waals surface area contributed by atoms with Gasteiger partial charge in [0.05, 0.1) is 6.54 Å². The van der Waals surface area contributed by atoms with E-state index in [1.165, 1.54) is 4.68 Å². The van der Waals surface area contributed by atoms with E-state index in [0.29, 0.717) is 17.9 Å². The van der Waals surface area contributed by atoms with Crippen LogP contribution in [-0.2, 0) is 7.05 Å². The Hall–Kier alpha value is -2.58. The molecular formula is C15H16N4O. The molecular weight excluding hydrogens is 252 g/mol. The SMILES string of the molecule is Cc1ccc(NC(=O)c2ccnn2C)cc1C#CCN. The smallest absolute Gasteiger partial charge is 0.273 e. The minimum Gasteiger partial charge on any atom is -0.321 e. The molecule has 0 saturated heterocycles. The number of carbonyl (C=O) groups excluding carboxylic acids is 1. The zero-order valence-electron chi connectivity index (χ0n) is 11.5. The highest BCUT2D eigenvalue weighted by molar-refractivity contribution is 6.03. The van der Waals surface area contributed by atoms with Crippen molar-refractivity contribution in [2.45, 2.75) is 6.92 Å². The quantitative estimate of drug-likeness (QED) is 0.806. The van der Waals surface area contributed by atoms with Gasteiger partial charge in [0.2, 0.25) is 0 Å². The Morgan fingerprint density at radius 2 is 2.25 bits per heavy atom. The van der Waals surface area contributed by atoms with Crippen molar-refractivity contribution in [2.24, 2.45) is 12.8 Å². The third-order valence-corrected chi connectivity index (χ3v) is 2.87. The lowest BCUT2D eigenvalue weighted by molar-refractivity contribution is 0.101. The Kier molecular flexibility index (Phi) is 4.18. The molecule has 5 heteroatoms. The fraction of sp³-hybridized carbons (Fsp3) is 0.200. The number of nitrogens with two attached hydrogens (primary N) is 1. The van der Waals surface area contributed by atoms with E-state index in [4.69, 9.17) is 5.73 Å². The van der Waals surface area contributed by atoms with Gasteiger partial charge in [-0.3, -0.25) is 9.48 Å². The molecule has 102 valence electrons. The molecule has 1 heterocycles. The maximum Gasteiger partial charge on any atom is 0.273 e. The number of hydrogen-bond donors (Lipinski definition) is 2. The topological polar surface area (TPSA) is 72.9 Å². The average Bonchev–Trinajstić information content (AvgIpc) is 2.85. The molecule has 3 N–H and O–H groups in total. The summed E-state index contributed by atoms with van der Waals surface area (Å²) in [4.78, 5) is 12.1. The minimum absolute atomic E-state index is 0.202. The van der Waals surface area contributed by atoms with E-state index >= 15 is 0 Å². The summed E-state index contributed by atoms with van der Waals surface area (Å²) in [6.07, 6.45) is 1.59. The fourth-order valence-corrected chi connectivity index (χ4v) is 1.77. The number of aromatic nitrogens is 2. The van der Waals surface area contributed by atoms with E-state index in [1.807, 2.05) is 25.1 Å². The molecule has 20 heavy (non-hydrogen) atoms. The third-order valence-electron chi connectivity index (χ3n) is 2.87. The molecule has 1 aromatic heterocycles. The predicted octanol–water partition coefficient (Wildman–Crippen LogP) is 1.29. The highest BCUT2D eigenvalue weighted by Gasteiger charge is 2.10. The van der Waals surface area contributed by atoms with Crippen LogP contribution in [0.25, 0.3) is 0 Å². The zero-order chi connectivity index (χ0) is 14.5. The summed E-state index contributed by atoms with van der Waals surface area (Å²) in [5.74, 6) is 5.60. The Bertz CT molecular complexity index is 691. The first-order valence-corrected chi connectivity index (χ1v) is 6.20. The van der Waals surface area contributed by atoms with Crippen LogP contribution in [0.4, 0.5) is 5.69 Å². The second-order valence-corrected chi connectivity index (χ2v) is 4.33. The van der Waals surface area contributed by atoms with Crippen LogP contribution in [-0.4, -0.2) is 22.2 Å². The van der Waals surface area contributed by atoms with Gasteiger partial charge in [-0.2, -0.15) is 5.10 Å². The highest BCUT2D eigenvalue weighted by atomic mass is 16.2. The molecule has 0 aliphatic heterocycles. The maximum atomic E-state index is 12.1. The van der Waals surface area contributed by atoms with Gasteiger partial charge in [0.25, 0.3) is 5.91 Å². The summed E-state index contributed by atoms with van der Waals surface area (Å²) in [6.45, 7) is 2.28. The van der Waals surface area contributed by atoms with Crippen LogP contribution in [0.15, 0.2) is 30.5 Å². The van der Waals surface area contributed by atoms with Crippen LogP contribution in [0.1, 0.15) is 21.6 Å². The zero-order valence-corrected chi connectivity index (χ0v) is 11.5. The van der Waals surface area contributed by atoms with E-state index in [-0.39, 0.29) is 5.91 Å². The van der Waals surface area contributed by atoms with Crippen molar-refractivity contribution >= 4 is 11.6 Å². The van der Waals surface area contributed by atoms with Crippen LogP contribution in [0.3, 0.4) is 0 Å². The molecule has 0 unspecified atom stereocenters. The van der Waals surface area contributed by atoms with E-state index in [1.54, 1.807) is 19.3 Å². The number of carbonyl (C=O) groups is 1. The summed E-state index contributed by atoms with van der Waals surface area (Å²) < 4.78 is 1.53. The Morgan fingerprint density at radius 3 is 2.90 bits per heavy atom. The second-order valence-electron chi connectivity index (χ2n) is 4.33. The average molecular weight is 268 g/mol. The minimum atomic E-state index is -0.202. The molecule has 2 aromatic rings. The van der Waals surface area contributed by atoms with Crippen molar-refractivity contribution < 1.29 is 4.79 Å². The van der Waals surface area contributed by atoms with Gasteiger partial charge in [0.1, 0.15) is 5.69 Å². The second kappa shape index (κ2) is 6.04. The summed E-state index contributed by atoms with van der Waals surface area (Å²) >= 11 is 0. The summed E-state index contributed by atoms with van der Waals surface area (Å²) in [7, 11) is 1.72. The van der Waals surface area contributed by atoms with Gasteiger partial charge in [-0.15, -0.1) is 0 Å². The number of rotatable bonds is 2. The standard InChI is InChI=1S/C15H16N4O/c1-11-5-6-13(10-12(11)4-3-8-16)18-15(20)14-7-9-17-19(14)2/h5-7,9-10H,8,16H2,1-2H3,(H,18,20). The molecule has 1 aromatic carbocycles. The van der Waals surface area contributed by atoms with Gasteiger partial charge in [-0.1, -0.05) is 17.9 Å². The van der Waals surface area contributed by atoms with E-state index < -0.39 is 0 Å². The summed E-state index contributed by atoms with van der Waals surface area (Å²) in [5.41, 5.74) is 8.48. The Balaban J connectivity index is 2.22. The molecule has 0 saturated carbocycles. The van der Waals surface area contributed by atoms with Crippen molar-refractivity contribution in [3.8, 4) is 11.8 Å². The van der Waals surface area contributed by atoms with Crippen LogP contribution in [0.5, 0.6) is 0 Å². The van der Waals surface area contributed by atoms with Crippen molar-refractivity contribution in [1.29, 1.82) is 0 Å². The van der Waals surface area contributed by atoms with Crippen molar-refractivity contribution in [1.82, 2.24) is 9.78 Å². The van der Waals surface area contributed by atoms with Crippen LogP contribution in [0, 0.1) is 18.8 Å². The van der Waals surface area contributed by atoms with E-state index in [0.717, 1.165) is 11.1 Å². The third kappa shape index (κ3) is 3.05. The maximum absolute atomic E-state index is 12.1. The molecule has 0 atom stereocenters. The molecule has 0 radical (unpaired) electrons. The number of amides is 1. The fourth-order valence-electron chi connectivity index (χ4n) is 1.77. The lowest BCUT2D eigenvalue weighted by Gasteiger charge is -2.07. The highest BCUT2D eigenvalue weighted by Crippen LogP contribution is 2.15. The first-order chi connectivity index (χ1) is 9.61. The first kappa shape index (κ1) is 13.8. The van der Waals surface area contributed by atoms with Crippen molar-refractivity contribution in [3.63, 3.8) is 0 Å². The normalized spacial score (nSPS) is 9.75. The van der Waals surface area contributed by atoms with Crippen molar-refractivity contribution in [3.05, 3.63) is 47.3 Å². The lowest BCUT2D eigenvalue weighted by Crippen LogP contribution is -2.16. The van der Waals surface area contributed by atoms with Gasteiger partial charge in [0.15, 0.2) is 0 Å². The van der Waals surface area contributed by atoms with Gasteiger partial charge in [0, 0.05) is 24.5 Å². The molecule has 0 aliphatic carbocycles. The molecule has 1 amide bonds. The number of aryl methyl sites for hydroxylation is 2. The summed E-state index contributed by atoms with van der Waals surface area (Å²) in [5, 5.41) is 6.80. The van der Waals surface area contributed by atoms with E-state index in [2.05, 4.69) is 22.3 Å². The molecule has 5 nitrogen and oxygen atoms in total. The predicted molar refractivity (Wildman–Crippen MR) is 78.3 cm³/mol. The number of benzene rings is 1. The molecule has 0 spiro atoms. The number of nitrogens with one attached hydrogen (secondary N) is 1. The van der Waals surface area contributed by atoms with Gasteiger partial charge in [-0.25, -0.2) is 0 Å². The van der Waals surface area contributed by atoms with Gasteiger partial charge >= 0.3 is 0 Å². The molecule has 2 rings (SSSR count). The number of nitrogens with zero attached hydrogens (tertiary/aromatic N) is 2. The molecule has 0 bridgehead atoms. The van der Waals surface area contributed by atoms with Crippen molar-refractivity contribution in [2.75, 3.05) is 11.9 Å². The number of hydrogen-bond acceptors (Lipinski definition) is 3. The lowest BCUT2D eigenvalue weighted by atomic mass is 10.1. The van der Waals surface area contributed by atoms with Gasteiger partial charge < -0.3 is 11.1 Å². The van der Waals surface area contributed by atoms with Crippen LogP contribution in [0.2, 0.25) is 0 Å². The van der Waals surface area contributed by atoms with Gasteiger partial charge in [-0.05, 0) is 30.7 Å². The monoisotopic (exact) mass is 268 g/mol. The molecule has 0 fully saturated rings.